The van der Waals surface area contributed by atoms with E-state index in [0.29, 0.717) is 0 Å². The fourth-order valence-electron chi connectivity index (χ4n) is 2.98. The molecule has 1 aromatic carbocycles. The number of carbonyl (C=O) groups is 2. The molecule has 1 saturated heterocycles. The van der Waals surface area contributed by atoms with E-state index in [1.54, 1.807) is 0 Å². The van der Waals surface area contributed by atoms with Crippen molar-refractivity contribution < 1.29 is 9.59 Å². The third kappa shape index (κ3) is 5.36. The fraction of sp³-hybridized carbons (Fsp3) is 0.556. The van der Waals surface area contributed by atoms with Crippen LogP contribution in [0, 0.1) is 5.92 Å². The summed E-state index contributed by atoms with van der Waals surface area (Å²) in [5, 5.41) is 5.83. The second kappa shape index (κ2) is 8.11. The summed E-state index contributed by atoms with van der Waals surface area (Å²) in [4.78, 5) is 26.0. The van der Waals surface area contributed by atoms with Crippen molar-refractivity contribution in [1.29, 1.82) is 0 Å². The third-order valence-corrected chi connectivity index (χ3v) is 4.18. The largest absolute Gasteiger partial charge is 0.350 e. The van der Waals surface area contributed by atoms with Gasteiger partial charge >= 0.3 is 0 Å². The van der Waals surface area contributed by atoms with E-state index in [2.05, 4.69) is 27.7 Å². The molecule has 126 valence electrons. The Kier molecular flexibility index (Phi) is 6.16. The highest BCUT2D eigenvalue weighted by atomic mass is 16.2. The molecule has 0 saturated carbocycles. The van der Waals surface area contributed by atoms with E-state index in [1.165, 1.54) is 12.5 Å². The van der Waals surface area contributed by atoms with Crippen molar-refractivity contribution in [1.82, 2.24) is 15.5 Å². The van der Waals surface area contributed by atoms with Crippen LogP contribution in [-0.2, 0) is 16.1 Å². The summed E-state index contributed by atoms with van der Waals surface area (Å²) in [5.41, 5.74) is 1.29. The predicted molar refractivity (Wildman–Crippen MR) is 90.7 cm³/mol. The summed E-state index contributed by atoms with van der Waals surface area (Å²) in [6.07, 6.45) is 0.948. The van der Waals surface area contributed by atoms with Gasteiger partial charge in [0, 0.05) is 32.6 Å². The molecule has 1 aliphatic heterocycles. The van der Waals surface area contributed by atoms with Gasteiger partial charge in [-0.15, -0.1) is 0 Å². The summed E-state index contributed by atoms with van der Waals surface area (Å²) in [6, 6.07) is 10.0. The minimum atomic E-state index is -0.462. The first kappa shape index (κ1) is 17.5. The van der Waals surface area contributed by atoms with Crippen LogP contribution in [0.1, 0.15) is 32.8 Å². The predicted octanol–water partition coefficient (Wildman–Crippen LogP) is 1.54. The zero-order chi connectivity index (χ0) is 16.8. The maximum Gasteiger partial charge on any atom is 0.243 e. The lowest BCUT2D eigenvalue weighted by molar-refractivity contribution is -0.129. The van der Waals surface area contributed by atoms with E-state index in [4.69, 9.17) is 0 Å². The summed E-state index contributed by atoms with van der Waals surface area (Å²) >= 11 is 0. The lowest BCUT2D eigenvalue weighted by Gasteiger charge is -2.23. The van der Waals surface area contributed by atoms with Crippen LogP contribution in [0.15, 0.2) is 30.3 Å². The molecule has 1 aromatic rings. The summed E-state index contributed by atoms with van der Waals surface area (Å²) in [7, 11) is 0. The number of benzene rings is 1. The molecule has 1 heterocycles. The molecule has 5 nitrogen and oxygen atoms in total. The molecule has 5 heteroatoms. The average molecular weight is 317 g/mol. The third-order valence-electron chi connectivity index (χ3n) is 4.18. The van der Waals surface area contributed by atoms with Crippen molar-refractivity contribution in [2.24, 2.45) is 5.92 Å². The lowest BCUT2D eigenvalue weighted by Crippen LogP contribution is -2.52. The molecule has 0 unspecified atom stereocenters. The van der Waals surface area contributed by atoms with Crippen LogP contribution in [0.5, 0.6) is 0 Å². The van der Waals surface area contributed by atoms with E-state index in [-0.39, 0.29) is 23.8 Å². The van der Waals surface area contributed by atoms with Gasteiger partial charge < -0.3 is 10.6 Å². The minimum Gasteiger partial charge on any atom is -0.350 e. The molecule has 0 bridgehead atoms. The monoisotopic (exact) mass is 317 g/mol. The number of hydrogen-bond acceptors (Lipinski definition) is 3. The number of likely N-dealkylation sites (tertiary alicyclic amines) is 1. The molecule has 0 aromatic heterocycles. The van der Waals surface area contributed by atoms with E-state index >= 15 is 0 Å². The zero-order valence-electron chi connectivity index (χ0n) is 14.2. The van der Waals surface area contributed by atoms with Crippen LogP contribution in [0.3, 0.4) is 0 Å². The van der Waals surface area contributed by atoms with Crippen LogP contribution < -0.4 is 10.6 Å². The van der Waals surface area contributed by atoms with Crippen LogP contribution >= 0.6 is 0 Å². The van der Waals surface area contributed by atoms with E-state index in [0.717, 1.165) is 26.1 Å². The number of carbonyl (C=O) groups excluding carboxylic acids is 2. The van der Waals surface area contributed by atoms with Gasteiger partial charge in [-0.2, -0.15) is 0 Å². The van der Waals surface area contributed by atoms with Crippen molar-refractivity contribution in [3.05, 3.63) is 35.9 Å². The van der Waals surface area contributed by atoms with Gasteiger partial charge in [0.15, 0.2) is 0 Å². The second-order valence-corrected chi connectivity index (χ2v) is 6.64. The molecule has 0 radical (unpaired) electrons. The highest BCUT2D eigenvalue weighted by Crippen LogP contribution is 2.14. The molecule has 1 aliphatic rings. The molecule has 2 N–H and O–H groups in total. The first-order valence-corrected chi connectivity index (χ1v) is 8.29. The standard InChI is InChI=1S/C18H27N3O2/c1-13(2)17(19-14(3)22)18(23)20-16-9-10-21(12-16)11-15-7-5-4-6-8-15/h4-8,13,16-17H,9-12H2,1-3H3,(H,19,22)(H,20,23)/t16-,17-/m1/s1. The Morgan fingerprint density at radius 1 is 1.26 bits per heavy atom. The van der Waals surface area contributed by atoms with Crippen molar-refractivity contribution in [2.75, 3.05) is 13.1 Å². The highest BCUT2D eigenvalue weighted by Gasteiger charge is 2.28. The molecule has 1 fully saturated rings. The van der Waals surface area contributed by atoms with Crippen LogP contribution in [0.25, 0.3) is 0 Å². The van der Waals surface area contributed by atoms with Crippen molar-refractivity contribution in [3.8, 4) is 0 Å². The maximum absolute atomic E-state index is 12.4. The van der Waals surface area contributed by atoms with Gasteiger partial charge in [-0.3, -0.25) is 14.5 Å². The van der Waals surface area contributed by atoms with Gasteiger partial charge in [0.05, 0.1) is 0 Å². The number of rotatable bonds is 6. The lowest BCUT2D eigenvalue weighted by atomic mass is 10.0. The maximum atomic E-state index is 12.4. The first-order valence-electron chi connectivity index (χ1n) is 8.29. The Bertz CT molecular complexity index is 530. The van der Waals surface area contributed by atoms with Crippen LogP contribution in [0.4, 0.5) is 0 Å². The number of nitrogens with zero attached hydrogens (tertiary/aromatic N) is 1. The normalized spacial score (nSPS) is 19.6. The Balaban J connectivity index is 1.84. The Labute approximate surface area is 138 Å². The van der Waals surface area contributed by atoms with Crippen LogP contribution in [0.2, 0.25) is 0 Å². The topological polar surface area (TPSA) is 61.4 Å². The van der Waals surface area contributed by atoms with E-state index < -0.39 is 6.04 Å². The summed E-state index contributed by atoms with van der Waals surface area (Å²) < 4.78 is 0. The summed E-state index contributed by atoms with van der Waals surface area (Å²) in [6.45, 7) is 8.07. The number of hydrogen-bond donors (Lipinski definition) is 2. The van der Waals surface area contributed by atoms with Gasteiger partial charge in [0.25, 0.3) is 0 Å². The van der Waals surface area contributed by atoms with Crippen molar-refractivity contribution in [3.63, 3.8) is 0 Å². The number of amides is 2. The van der Waals surface area contributed by atoms with Gasteiger partial charge in [-0.25, -0.2) is 0 Å². The van der Waals surface area contributed by atoms with Crippen molar-refractivity contribution in [2.45, 2.75) is 45.8 Å². The molecule has 0 aliphatic carbocycles. The SMILES string of the molecule is CC(=O)N[C@@H](C(=O)N[C@@H]1CCN(Cc2ccccc2)C1)C(C)C. The molecular formula is C18H27N3O2. The van der Waals surface area contributed by atoms with Crippen LogP contribution in [-0.4, -0.2) is 41.9 Å². The Morgan fingerprint density at radius 2 is 1.96 bits per heavy atom. The number of nitrogens with one attached hydrogen (secondary N) is 2. The zero-order valence-corrected chi connectivity index (χ0v) is 14.2. The quantitative estimate of drug-likeness (QED) is 0.836. The van der Waals surface area contributed by atoms with Gasteiger partial charge in [0.2, 0.25) is 11.8 Å². The highest BCUT2D eigenvalue weighted by molar-refractivity contribution is 5.87. The fourth-order valence-corrected chi connectivity index (χ4v) is 2.98. The van der Waals surface area contributed by atoms with Crippen molar-refractivity contribution >= 4 is 11.8 Å². The molecule has 2 atom stereocenters. The Hall–Kier alpha value is -1.88. The van der Waals surface area contributed by atoms with Gasteiger partial charge in [-0.1, -0.05) is 44.2 Å². The van der Waals surface area contributed by atoms with Gasteiger partial charge in [0.1, 0.15) is 6.04 Å². The summed E-state index contributed by atoms with van der Waals surface area (Å²) in [5.74, 6) is -0.182. The second-order valence-electron chi connectivity index (χ2n) is 6.64. The van der Waals surface area contributed by atoms with E-state index in [1.807, 2.05) is 32.0 Å². The molecular weight excluding hydrogens is 290 g/mol. The Morgan fingerprint density at radius 3 is 2.57 bits per heavy atom. The molecule has 23 heavy (non-hydrogen) atoms. The van der Waals surface area contributed by atoms with Gasteiger partial charge in [-0.05, 0) is 17.9 Å². The first-order chi connectivity index (χ1) is 11.0. The van der Waals surface area contributed by atoms with E-state index in [9.17, 15) is 9.59 Å². The smallest absolute Gasteiger partial charge is 0.243 e. The molecule has 0 spiro atoms. The molecule has 2 amide bonds. The minimum absolute atomic E-state index is 0.0701. The molecule has 2 rings (SSSR count). The average Bonchev–Trinajstić information content (AvgIpc) is 2.92.